The maximum Gasteiger partial charge on any atom is 0.321 e. The van der Waals surface area contributed by atoms with E-state index in [9.17, 15) is 19.8 Å². The fraction of sp³-hybridized carbons (Fsp3) is 0.500. The summed E-state index contributed by atoms with van der Waals surface area (Å²) in [5, 5.41) is 18.6. The van der Waals surface area contributed by atoms with Crippen molar-refractivity contribution in [2.75, 3.05) is 14.1 Å². The van der Waals surface area contributed by atoms with Crippen LogP contribution in [0.4, 0.5) is 0 Å². The number of carbonyl (C=O) groups is 2. The summed E-state index contributed by atoms with van der Waals surface area (Å²) in [5.74, 6) is -1.17. The molecule has 0 unspecified atom stereocenters. The summed E-state index contributed by atoms with van der Waals surface area (Å²) in [4.78, 5) is 26.4. The summed E-state index contributed by atoms with van der Waals surface area (Å²) in [7, 11) is 3.75. The molecule has 0 aliphatic rings. The molecule has 0 bridgehead atoms. The fourth-order valence-electron chi connectivity index (χ4n) is 4.12. The van der Waals surface area contributed by atoms with E-state index >= 15 is 0 Å². The van der Waals surface area contributed by atoms with Crippen LogP contribution in [0.2, 0.25) is 0 Å². The third kappa shape index (κ3) is 9.65. The molecule has 34 heavy (non-hydrogen) atoms. The van der Waals surface area contributed by atoms with Gasteiger partial charge >= 0.3 is 11.9 Å². The predicted octanol–water partition coefficient (Wildman–Crippen LogP) is 5.24. The van der Waals surface area contributed by atoms with Crippen LogP contribution in [0.5, 0.6) is 0 Å². The van der Waals surface area contributed by atoms with Gasteiger partial charge in [-0.15, -0.1) is 0 Å². The van der Waals surface area contributed by atoms with Crippen LogP contribution in [0.1, 0.15) is 51.7 Å². The topological polar surface area (TPSA) is 81.1 Å². The van der Waals surface area contributed by atoms with Gasteiger partial charge in [0.2, 0.25) is 0 Å². The van der Waals surface area contributed by atoms with Crippen LogP contribution in [0.3, 0.4) is 0 Å². The summed E-state index contributed by atoms with van der Waals surface area (Å²) in [6.07, 6.45) is 1.74. The second kappa shape index (κ2) is 15.3. The molecule has 0 saturated carbocycles. The third-order valence-electron chi connectivity index (χ3n) is 6.37. The number of carboxylic acid groups (broad SMARTS) is 2. The van der Waals surface area contributed by atoms with Crippen LogP contribution in [0.25, 0.3) is 0 Å². The molecule has 0 aromatic heterocycles. The monoisotopic (exact) mass is 470 g/mol. The van der Waals surface area contributed by atoms with Crippen LogP contribution in [0, 0.1) is 11.8 Å². The molecular formula is C28H42N2O4. The zero-order valence-corrected chi connectivity index (χ0v) is 21.5. The highest BCUT2D eigenvalue weighted by molar-refractivity contribution is 5.74. The van der Waals surface area contributed by atoms with Crippen LogP contribution >= 0.6 is 0 Å². The first kappa shape index (κ1) is 29.3. The van der Waals surface area contributed by atoms with E-state index in [2.05, 4.69) is 0 Å². The average Bonchev–Trinajstić information content (AvgIpc) is 2.80. The highest BCUT2D eigenvalue weighted by Crippen LogP contribution is 2.17. The molecule has 188 valence electrons. The van der Waals surface area contributed by atoms with E-state index in [4.69, 9.17) is 0 Å². The van der Waals surface area contributed by atoms with Gasteiger partial charge < -0.3 is 10.2 Å². The van der Waals surface area contributed by atoms with Crippen molar-refractivity contribution in [2.45, 2.75) is 65.7 Å². The molecule has 2 rings (SSSR count). The Morgan fingerprint density at radius 2 is 0.971 bits per heavy atom. The molecule has 0 saturated heterocycles. The second-order valence-electron chi connectivity index (χ2n) is 9.14. The number of hydrogen-bond donors (Lipinski definition) is 2. The highest BCUT2D eigenvalue weighted by atomic mass is 16.4. The molecule has 6 nitrogen and oxygen atoms in total. The molecule has 0 radical (unpaired) electrons. The first-order chi connectivity index (χ1) is 16.1. The van der Waals surface area contributed by atoms with Gasteiger partial charge in [-0.05, 0) is 37.1 Å². The highest BCUT2D eigenvalue weighted by Gasteiger charge is 2.28. The number of likely N-dealkylation sites (N-methyl/N-ethyl adjacent to an activating group) is 2. The lowest BCUT2D eigenvalue weighted by atomic mass is 9.97. The Morgan fingerprint density at radius 1 is 0.676 bits per heavy atom. The molecule has 2 aromatic carbocycles. The van der Waals surface area contributed by atoms with Gasteiger partial charge in [0.1, 0.15) is 12.1 Å². The van der Waals surface area contributed by atoms with E-state index in [0.29, 0.717) is 13.1 Å². The molecule has 0 amide bonds. The zero-order chi connectivity index (χ0) is 25.7. The number of rotatable bonds is 12. The van der Waals surface area contributed by atoms with Gasteiger partial charge in [0.25, 0.3) is 0 Å². The molecule has 2 aromatic rings. The largest absolute Gasteiger partial charge is 0.480 e. The molecular weight excluding hydrogens is 428 g/mol. The van der Waals surface area contributed by atoms with Gasteiger partial charge in [0, 0.05) is 13.1 Å². The second-order valence-corrected chi connectivity index (χ2v) is 9.14. The smallest absolute Gasteiger partial charge is 0.321 e. The first-order valence-corrected chi connectivity index (χ1v) is 12.1. The number of nitrogens with zero attached hydrogens (tertiary/aromatic N) is 2. The Kier molecular flexibility index (Phi) is 13.2. The fourth-order valence-corrected chi connectivity index (χ4v) is 4.12. The van der Waals surface area contributed by atoms with E-state index < -0.39 is 24.0 Å². The van der Waals surface area contributed by atoms with Gasteiger partial charge in [-0.2, -0.15) is 0 Å². The van der Waals surface area contributed by atoms with Crippen LogP contribution < -0.4 is 0 Å². The van der Waals surface area contributed by atoms with Gasteiger partial charge in [-0.3, -0.25) is 19.4 Å². The SMILES string of the molecule is CC[C@H](C)[C@@H](C(=O)O)N(C)Cc1ccccc1.CC[C@H](C)[C@@H](C(=O)O)N(C)Cc1ccccc1. The summed E-state index contributed by atoms with van der Waals surface area (Å²) in [6, 6.07) is 19.1. The third-order valence-corrected chi connectivity index (χ3v) is 6.37. The predicted molar refractivity (Wildman–Crippen MR) is 138 cm³/mol. The van der Waals surface area contributed by atoms with Crippen LogP contribution in [0.15, 0.2) is 60.7 Å². The van der Waals surface area contributed by atoms with Crippen molar-refractivity contribution in [3.8, 4) is 0 Å². The van der Waals surface area contributed by atoms with Crippen LogP contribution in [-0.2, 0) is 22.7 Å². The summed E-state index contributed by atoms with van der Waals surface area (Å²) in [5.41, 5.74) is 2.29. The molecule has 0 spiro atoms. The number of hydrogen-bond acceptors (Lipinski definition) is 4. The summed E-state index contributed by atoms with van der Waals surface area (Å²) < 4.78 is 0. The maximum absolute atomic E-state index is 11.3. The quantitative estimate of drug-likeness (QED) is 0.442. The lowest BCUT2D eigenvalue weighted by molar-refractivity contribution is -0.146. The van der Waals surface area contributed by atoms with Crippen molar-refractivity contribution in [3.63, 3.8) is 0 Å². The average molecular weight is 471 g/mol. The Hall–Kier alpha value is -2.70. The van der Waals surface area contributed by atoms with Gasteiger partial charge in [-0.25, -0.2) is 0 Å². The van der Waals surface area contributed by atoms with Crippen molar-refractivity contribution < 1.29 is 19.8 Å². The minimum atomic E-state index is -0.738. The molecule has 0 heterocycles. The lowest BCUT2D eigenvalue weighted by Crippen LogP contribution is -2.42. The Balaban J connectivity index is 0.000000340. The molecule has 0 fully saturated rings. The van der Waals surface area contributed by atoms with Gasteiger partial charge in [0.15, 0.2) is 0 Å². The first-order valence-electron chi connectivity index (χ1n) is 12.1. The van der Waals surface area contributed by atoms with Crippen molar-refractivity contribution in [1.82, 2.24) is 9.80 Å². The Bertz CT molecular complexity index is 772. The van der Waals surface area contributed by atoms with Gasteiger partial charge in [0.05, 0.1) is 0 Å². The minimum absolute atomic E-state index is 0.154. The number of carboxylic acids is 2. The van der Waals surface area contributed by atoms with Gasteiger partial charge in [-0.1, -0.05) is 101 Å². The molecule has 6 heteroatoms. The summed E-state index contributed by atoms with van der Waals surface area (Å²) >= 11 is 0. The van der Waals surface area contributed by atoms with E-state index in [1.807, 2.05) is 112 Å². The van der Waals surface area contributed by atoms with E-state index in [0.717, 1.165) is 24.0 Å². The van der Waals surface area contributed by atoms with E-state index in [-0.39, 0.29) is 11.8 Å². The Labute approximate surface area is 205 Å². The Morgan fingerprint density at radius 3 is 1.21 bits per heavy atom. The molecule has 0 aliphatic heterocycles. The van der Waals surface area contributed by atoms with Crippen molar-refractivity contribution in [3.05, 3.63) is 71.8 Å². The van der Waals surface area contributed by atoms with E-state index in [1.54, 1.807) is 0 Å². The van der Waals surface area contributed by atoms with E-state index in [1.165, 1.54) is 0 Å². The molecule has 2 N–H and O–H groups in total. The van der Waals surface area contributed by atoms with Crippen molar-refractivity contribution in [2.24, 2.45) is 11.8 Å². The molecule has 0 aliphatic carbocycles. The summed E-state index contributed by atoms with van der Waals surface area (Å²) in [6.45, 7) is 9.36. The minimum Gasteiger partial charge on any atom is -0.480 e. The number of aliphatic carboxylic acids is 2. The van der Waals surface area contributed by atoms with Crippen molar-refractivity contribution >= 4 is 11.9 Å². The standard InChI is InChI=1S/2C14H21NO2/c2*1-4-11(2)13(14(16)17)15(3)10-12-8-6-5-7-9-12/h2*5-9,11,13H,4,10H2,1-3H3,(H,16,17)/t2*11-,13-/m00/s1. The van der Waals surface area contributed by atoms with Crippen molar-refractivity contribution in [1.29, 1.82) is 0 Å². The van der Waals surface area contributed by atoms with Crippen LogP contribution in [-0.4, -0.2) is 58.1 Å². The number of benzene rings is 2. The maximum atomic E-state index is 11.3. The normalized spacial score (nSPS) is 14.6. The lowest BCUT2D eigenvalue weighted by Gasteiger charge is -2.29. The molecule has 4 atom stereocenters. The zero-order valence-electron chi connectivity index (χ0n) is 21.5.